The third-order valence-corrected chi connectivity index (χ3v) is 3.28. The number of hydrogen-bond donors (Lipinski definition) is 2. The molecule has 0 radical (unpaired) electrons. The molecule has 0 saturated carbocycles. The van der Waals surface area contributed by atoms with Gasteiger partial charge in [0, 0.05) is 26.7 Å². The molecule has 0 bridgehead atoms. The highest BCUT2D eigenvalue weighted by molar-refractivity contribution is 5.29. The fourth-order valence-corrected chi connectivity index (χ4v) is 1.99. The monoisotopic (exact) mass is 236 g/mol. The van der Waals surface area contributed by atoms with Crippen molar-refractivity contribution in [2.45, 2.75) is 31.9 Å². The molecule has 0 amide bonds. The van der Waals surface area contributed by atoms with Crippen molar-refractivity contribution in [3.63, 3.8) is 0 Å². The highest BCUT2D eigenvalue weighted by atomic mass is 16.3. The molecule has 1 aromatic rings. The van der Waals surface area contributed by atoms with Gasteiger partial charge in [-0.2, -0.15) is 0 Å². The fourth-order valence-electron chi connectivity index (χ4n) is 1.99. The van der Waals surface area contributed by atoms with E-state index in [0.717, 1.165) is 44.0 Å². The Morgan fingerprint density at radius 2 is 2.06 bits per heavy atom. The summed E-state index contributed by atoms with van der Waals surface area (Å²) in [5.74, 6) is 0.787. The summed E-state index contributed by atoms with van der Waals surface area (Å²) in [6, 6.07) is 0. The van der Waals surface area contributed by atoms with Gasteiger partial charge in [0.25, 0.3) is 0 Å². The number of nitrogens with one attached hydrogen (secondary N) is 1. The SMILES string of the molecule is CNc1cnc(CN2CCC(C)(O)CC2)cn1. The molecule has 0 unspecified atom stereocenters. The first-order chi connectivity index (χ1) is 8.09. The quantitative estimate of drug-likeness (QED) is 0.815. The molecule has 0 aliphatic carbocycles. The summed E-state index contributed by atoms with van der Waals surface area (Å²) in [6.07, 6.45) is 5.21. The lowest BCUT2D eigenvalue weighted by atomic mass is 9.94. The van der Waals surface area contributed by atoms with E-state index in [4.69, 9.17) is 0 Å². The van der Waals surface area contributed by atoms with Crippen LogP contribution in [0.3, 0.4) is 0 Å². The molecule has 5 nitrogen and oxygen atoms in total. The maximum atomic E-state index is 9.86. The van der Waals surface area contributed by atoms with Crippen molar-refractivity contribution in [3.05, 3.63) is 18.1 Å². The average Bonchev–Trinajstić information content (AvgIpc) is 2.33. The largest absolute Gasteiger partial charge is 0.390 e. The van der Waals surface area contributed by atoms with Crippen LogP contribution in [0.25, 0.3) is 0 Å². The molecule has 1 fully saturated rings. The van der Waals surface area contributed by atoms with Crippen LogP contribution in [-0.2, 0) is 6.54 Å². The van der Waals surface area contributed by atoms with E-state index in [-0.39, 0.29) is 0 Å². The standard InChI is InChI=1S/C12H20N4O/c1-12(17)3-5-16(6-4-12)9-10-7-15-11(13-2)8-14-10/h7-8,17H,3-6,9H2,1-2H3,(H,13,15). The number of rotatable bonds is 3. The predicted octanol–water partition coefficient (Wildman–Crippen LogP) is 0.865. The minimum atomic E-state index is -0.488. The Bertz CT molecular complexity index is 353. The Morgan fingerprint density at radius 3 is 2.59 bits per heavy atom. The van der Waals surface area contributed by atoms with Crippen molar-refractivity contribution in [2.75, 3.05) is 25.5 Å². The van der Waals surface area contributed by atoms with Crippen molar-refractivity contribution in [3.8, 4) is 0 Å². The van der Waals surface area contributed by atoms with Crippen LogP contribution in [-0.4, -0.2) is 45.7 Å². The third-order valence-electron chi connectivity index (χ3n) is 3.28. The van der Waals surface area contributed by atoms with Gasteiger partial charge in [-0.1, -0.05) is 0 Å². The Labute approximate surface area is 102 Å². The van der Waals surface area contributed by atoms with Gasteiger partial charge < -0.3 is 10.4 Å². The van der Waals surface area contributed by atoms with Gasteiger partial charge in [-0.05, 0) is 19.8 Å². The number of aromatic nitrogens is 2. The molecule has 2 rings (SSSR count). The summed E-state index contributed by atoms with van der Waals surface area (Å²) in [5.41, 5.74) is 0.489. The second kappa shape index (κ2) is 4.98. The van der Waals surface area contributed by atoms with Gasteiger partial charge in [-0.15, -0.1) is 0 Å². The molecule has 0 atom stereocenters. The lowest BCUT2D eigenvalue weighted by Crippen LogP contribution is -2.42. The number of anilines is 1. The molecule has 94 valence electrons. The third kappa shape index (κ3) is 3.38. The molecular weight excluding hydrogens is 216 g/mol. The van der Waals surface area contributed by atoms with Gasteiger partial charge in [-0.25, -0.2) is 4.98 Å². The predicted molar refractivity (Wildman–Crippen MR) is 66.7 cm³/mol. The zero-order chi connectivity index (χ0) is 12.3. The van der Waals surface area contributed by atoms with E-state index >= 15 is 0 Å². The topological polar surface area (TPSA) is 61.3 Å². The van der Waals surface area contributed by atoms with E-state index in [0.29, 0.717) is 0 Å². The van der Waals surface area contributed by atoms with Crippen LogP contribution in [0.4, 0.5) is 5.82 Å². The van der Waals surface area contributed by atoms with Crippen molar-refractivity contribution < 1.29 is 5.11 Å². The van der Waals surface area contributed by atoms with Crippen LogP contribution in [0.2, 0.25) is 0 Å². The van der Waals surface area contributed by atoms with Gasteiger partial charge in [0.1, 0.15) is 5.82 Å². The van der Waals surface area contributed by atoms with E-state index in [1.54, 1.807) is 12.4 Å². The first-order valence-corrected chi connectivity index (χ1v) is 6.02. The van der Waals surface area contributed by atoms with Crippen molar-refractivity contribution in [1.82, 2.24) is 14.9 Å². The van der Waals surface area contributed by atoms with Crippen LogP contribution in [0.1, 0.15) is 25.5 Å². The Balaban J connectivity index is 1.89. The molecule has 1 aliphatic heterocycles. The number of nitrogens with zero attached hydrogens (tertiary/aromatic N) is 3. The summed E-state index contributed by atoms with van der Waals surface area (Å²) in [4.78, 5) is 10.9. The molecule has 2 heterocycles. The van der Waals surface area contributed by atoms with Crippen LogP contribution in [0.5, 0.6) is 0 Å². The van der Waals surface area contributed by atoms with Crippen molar-refractivity contribution >= 4 is 5.82 Å². The molecule has 0 aromatic carbocycles. The maximum Gasteiger partial charge on any atom is 0.144 e. The maximum absolute atomic E-state index is 9.86. The lowest BCUT2D eigenvalue weighted by Gasteiger charge is -2.35. The Morgan fingerprint density at radius 1 is 1.35 bits per heavy atom. The van der Waals surface area contributed by atoms with E-state index < -0.39 is 5.60 Å². The van der Waals surface area contributed by atoms with Crippen LogP contribution in [0, 0.1) is 0 Å². The zero-order valence-corrected chi connectivity index (χ0v) is 10.5. The molecule has 1 saturated heterocycles. The zero-order valence-electron chi connectivity index (χ0n) is 10.5. The van der Waals surface area contributed by atoms with Crippen LogP contribution >= 0.6 is 0 Å². The summed E-state index contributed by atoms with van der Waals surface area (Å²) in [5, 5.41) is 12.8. The normalized spacial score (nSPS) is 20.2. The molecule has 5 heteroatoms. The van der Waals surface area contributed by atoms with Gasteiger partial charge >= 0.3 is 0 Å². The van der Waals surface area contributed by atoms with Gasteiger partial charge in [0.05, 0.1) is 23.7 Å². The molecule has 17 heavy (non-hydrogen) atoms. The first-order valence-electron chi connectivity index (χ1n) is 6.02. The van der Waals surface area contributed by atoms with Gasteiger partial charge in [-0.3, -0.25) is 9.88 Å². The minimum Gasteiger partial charge on any atom is -0.390 e. The summed E-state index contributed by atoms with van der Waals surface area (Å²) in [6.45, 7) is 4.56. The highest BCUT2D eigenvalue weighted by Gasteiger charge is 2.27. The molecule has 1 aliphatic rings. The second-order valence-electron chi connectivity index (χ2n) is 4.92. The summed E-state index contributed by atoms with van der Waals surface area (Å²) >= 11 is 0. The number of aliphatic hydroxyl groups is 1. The minimum absolute atomic E-state index is 0.488. The highest BCUT2D eigenvalue weighted by Crippen LogP contribution is 2.21. The van der Waals surface area contributed by atoms with E-state index in [9.17, 15) is 5.11 Å². The van der Waals surface area contributed by atoms with Gasteiger partial charge in [0.2, 0.25) is 0 Å². The van der Waals surface area contributed by atoms with Crippen LogP contribution < -0.4 is 5.32 Å². The molecular formula is C12H20N4O. The fraction of sp³-hybridized carbons (Fsp3) is 0.667. The lowest BCUT2D eigenvalue weighted by molar-refractivity contribution is -0.00759. The molecule has 0 spiro atoms. The molecule has 1 aromatic heterocycles. The Hall–Kier alpha value is -1.20. The average molecular weight is 236 g/mol. The summed E-state index contributed by atoms with van der Waals surface area (Å²) < 4.78 is 0. The van der Waals surface area contributed by atoms with Crippen molar-refractivity contribution in [1.29, 1.82) is 0 Å². The van der Waals surface area contributed by atoms with Gasteiger partial charge in [0.15, 0.2) is 0 Å². The first kappa shape index (κ1) is 12.3. The number of hydrogen-bond acceptors (Lipinski definition) is 5. The molecule has 2 N–H and O–H groups in total. The van der Waals surface area contributed by atoms with E-state index in [2.05, 4.69) is 20.2 Å². The smallest absolute Gasteiger partial charge is 0.144 e. The second-order valence-corrected chi connectivity index (χ2v) is 4.92. The Kier molecular flexibility index (Phi) is 3.59. The van der Waals surface area contributed by atoms with Crippen LogP contribution in [0.15, 0.2) is 12.4 Å². The summed E-state index contributed by atoms with van der Waals surface area (Å²) in [7, 11) is 1.83. The number of likely N-dealkylation sites (tertiary alicyclic amines) is 1. The number of piperidine rings is 1. The van der Waals surface area contributed by atoms with Crippen molar-refractivity contribution in [2.24, 2.45) is 0 Å². The van der Waals surface area contributed by atoms with E-state index in [1.807, 2.05) is 14.0 Å². The van der Waals surface area contributed by atoms with E-state index in [1.165, 1.54) is 0 Å².